The lowest BCUT2D eigenvalue weighted by Gasteiger charge is -2.33. The van der Waals surface area contributed by atoms with Crippen LogP contribution in [-0.4, -0.2) is 48.6 Å². The zero-order valence-electron chi connectivity index (χ0n) is 12.8. The highest BCUT2D eigenvalue weighted by Crippen LogP contribution is 2.19. The second kappa shape index (κ2) is 7.43. The Morgan fingerprint density at radius 2 is 1.95 bits per heavy atom. The summed E-state index contributed by atoms with van der Waals surface area (Å²) >= 11 is 0. The molecule has 116 valence electrons. The maximum Gasteiger partial charge on any atom is 0.233 e. The summed E-state index contributed by atoms with van der Waals surface area (Å²) in [7, 11) is 1.68. The molecule has 1 atom stereocenters. The maximum absolute atomic E-state index is 11.4. The molecule has 1 aromatic carbocycles. The van der Waals surface area contributed by atoms with Gasteiger partial charge in [0.25, 0.3) is 0 Å². The lowest BCUT2D eigenvalue weighted by Crippen LogP contribution is -2.46. The summed E-state index contributed by atoms with van der Waals surface area (Å²) in [4.78, 5) is 13.6. The van der Waals surface area contributed by atoms with Crippen LogP contribution in [0.1, 0.15) is 31.4 Å². The first-order valence-electron chi connectivity index (χ1n) is 7.56. The predicted molar refractivity (Wildman–Crippen MR) is 83.2 cm³/mol. The van der Waals surface area contributed by atoms with Gasteiger partial charge in [-0.05, 0) is 37.5 Å². The Hall–Kier alpha value is -1.59. The molecule has 0 radical (unpaired) electrons. The first kappa shape index (κ1) is 15.8. The molecule has 1 heterocycles. The van der Waals surface area contributed by atoms with E-state index in [4.69, 9.17) is 0 Å². The second-order valence-corrected chi connectivity index (χ2v) is 5.70. The van der Waals surface area contributed by atoms with Crippen molar-refractivity contribution in [3.8, 4) is 5.75 Å². The number of likely N-dealkylation sites (tertiary alicyclic amines) is 1. The van der Waals surface area contributed by atoms with Crippen LogP contribution in [-0.2, 0) is 4.79 Å². The Kier molecular flexibility index (Phi) is 5.59. The van der Waals surface area contributed by atoms with Crippen molar-refractivity contribution in [3.63, 3.8) is 0 Å². The summed E-state index contributed by atoms with van der Waals surface area (Å²) in [6, 6.07) is 8.09. The molecule has 1 aliphatic rings. The molecule has 2 rings (SSSR count). The largest absolute Gasteiger partial charge is 0.508 e. The van der Waals surface area contributed by atoms with Gasteiger partial charge < -0.3 is 15.7 Å². The molecule has 1 unspecified atom stereocenters. The second-order valence-electron chi connectivity index (χ2n) is 5.70. The van der Waals surface area contributed by atoms with Gasteiger partial charge in [-0.15, -0.1) is 0 Å². The summed E-state index contributed by atoms with van der Waals surface area (Å²) < 4.78 is 0. The SMILES string of the molecule is CNC(=O)CN1CCC(NC(C)c2ccc(O)cc2)CC1. The van der Waals surface area contributed by atoms with Crippen molar-refractivity contribution in [3.05, 3.63) is 29.8 Å². The summed E-state index contributed by atoms with van der Waals surface area (Å²) in [5, 5.41) is 15.6. The van der Waals surface area contributed by atoms with Crippen LogP contribution < -0.4 is 10.6 Å². The maximum atomic E-state index is 11.4. The van der Waals surface area contributed by atoms with Crippen LogP contribution in [0.4, 0.5) is 0 Å². The minimum atomic E-state index is 0.0823. The Morgan fingerprint density at radius 3 is 2.52 bits per heavy atom. The molecule has 0 aliphatic carbocycles. The fourth-order valence-corrected chi connectivity index (χ4v) is 2.75. The van der Waals surface area contributed by atoms with Crippen molar-refractivity contribution in [1.82, 2.24) is 15.5 Å². The molecule has 0 aromatic heterocycles. The highest BCUT2D eigenvalue weighted by Gasteiger charge is 2.21. The van der Waals surface area contributed by atoms with Crippen LogP contribution in [0.25, 0.3) is 0 Å². The van der Waals surface area contributed by atoms with E-state index >= 15 is 0 Å². The normalized spacial score (nSPS) is 18.4. The fourth-order valence-electron chi connectivity index (χ4n) is 2.75. The molecule has 1 amide bonds. The molecule has 0 bridgehead atoms. The summed E-state index contributed by atoms with van der Waals surface area (Å²) in [5.41, 5.74) is 1.18. The molecule has 5 nitrogen and oxygen atoms in total. The van der Waals surface area contributed by atoms with Crippen molar-refractivity contribution in [2.75, 3.05) is 26.7 Å². The first-order valence-corrected chi connectivity index (χ1v) is 7.56. The van der Waals surface area contributed by atoms with E-state index in [1.54, 1.807) is 19.2 Å². The smallest absolute Gasteiger partial charge is 0.233 e. The number of nitrogens with zero attached hydrogens (tertiary/aromatic N) is 1. The molecular weight excluding hydrogens is 266 g/mol. The van der Waals surface area contributed by atoms with E-state index in [1.807, 2.05) is 12.1 Å². The van der Waals surface area contributed by atoms with Crippen LogP contribution in [0.15, 0.2) is 24.3 Å². The minimum absolute atomic E-state index is 0.0823. The molecule has 21 heavy (non-hydrogen) atoms. The van der Waals surface area contributed by atoms with E-state index in [1.165, 1.54) is 5.56 Å². The molecule has 0 spiro atoms. The van der Waals surface area contributed by atoms with Gasteiger partial charge in [-0.3, -0.25) is 9.69 Å². The number of amides is 1. The monoisotopic (exact) mass is 291 g/mol. The number of rotatable bonds is 5. The van der Waals surface area contributed by atoms with Crippen LogP contribution in [0.5, 0.6) is 5.75 Å². The summed E-state index contributed by atoms with van der Waals surface area (Å²) in [5.74, 6) is 0.382. The third-order valence-corrected chi connectivity index (χ3v) is 4.11. The van der Waals surface area contributed by atoms with Crippen LogP contribution in [0.3, 0.4) is 0 Å². The van der Waals surface area contributed by atoms with Crippen LogP contribution >= 0.6 is 0 Å². The quantitative estimate of drug-likeness (QED) is 0.764. The third-order valence-electron chi connectivity index (χ3n) is 4.11. The number of hydrogen-bond donors (Lipinski definition) is 3. The van der Waals surface area contributed by atoms with E-state index in [0.29, 0.717) is 18.3 Å². The predicted octanol–water partition coefficient (Wildman–Crippen LogP) is 1.25. The molecular formula is C16H25N3O2. The van der Waals surface area contributed by atoms with E-state index in [-0.39, 0.29) is 11.9 Å². The van der Waals surface area contributed by atoms with Crippen molar-refractivity contribution in [2.45, 2.75) is 31.8 Å². The molecule has 1 saturated heterocycles. The van der Waals surface area contributed by atoms with Crippen LogP contribution in [0, 0.1) is 0 Å². The zero-order chi connectivity index (χ0) is 15.2. The number of benzene rings is 1. The average Bonchev–Trinajstić information content (AvgIpc) is 2.49. The van der Waals surface area contributed by atoms with Crippen molar-refractivity contribution in [2.24, 2.45) is 0 Å². The molecule has 0 saturated carbocycles. The van der Waals surface area contributed by atoms with E-state index in [2.05, 4.69) is 22.5 Å². The first-order chi connectivity index (χ1) is 10.1. The van der Waals surface area contributed by atoms with Gasteiger partial charge in [0.2, 0.25) is 5.91 Å². The minimum Gasteiger partial charge on any atom is -0.508 e. The van der Waals surface area contributed by atoms with Crippen molar-refractivity contribution in [1.29, 1.82) is 0 Å². The van der Waals surface area contributed by atoms with Gasteiger partial charge in [0, 0.05) is 32.2 Å². The van der Waals surface area contributed by atoms with Crippen molar-refractivity contribution < 1.29 is 9.90 Å². The number of carbonyl (C=O) groups is 1. The van der Waals surface area contributed by atoms with Gasteiger partial charge in [-0.25, -0.2) is 0 Å². The van der Waals surface area contributed by atoms with Crippen molar-refractivity contribution >= 4 is 5.91 Å². The number of phenols is 1. The lowest BCUT2D eigenvalue weighted by molar-refractivity contribution is -0.122. The third kappa shape index (κ3) is 4.72. The number of phenolic OH excluding ortho intramolecular Hbond substituents is 1. The number of aromatic hydroxyl groups is 1. The standard InChI is InChI=1S/C16H25N3O2/c1-12(13-3-5-15(20)6-4-13)18-14-7-9-19(10-8-14)11-16(21)17-2/h3-6,12,14,18,20H,7-11H2,1-2H3,(H,17,21). The van der Waals surface area contributed by atoms with Crippen LogP contribution in [0.2, 0.25) is 0 Å². The Labute approximate surface area is 126 Å². The summed E-state index contributed by atoms with van der Waals surface area (Å²) in [6.45, 7) is 4.54. The van der Waals surface area contributed by atoms with E-state index in [0.717, 1.165) is 25.9 Å². The highest BCUT2D eigenvalue weighted by molar-refractivity contribution is 5.77. The number of piperidine rings is 1. The van der Waals surface area contributed by atoms with E-state index < -0.39 is 0 Å². The molecule has 1 fully saturated rings. The zero-order valence-corrected chi connectivity index (χ0v) is 12.8. The lowest BCUT2D eigenvalue weighted by atomic mass is 10.0. The molecule has 1 aliphatic heterocycles. The topological polar surface area (TPSA) is 64.6 Å². The van der Waals surface area contributed by atoms with Gasteiger partial charge in [0.05, 0.1) is 6.54 Å². The van der Waals surface area contributed by atoms with Gasteiger partial charge in [-0.2, -0.15) is 0 Å². The molecule has 3 N–H and O–H groups in total. The highest BCUT2D eigenvalue weighted by atomic mass is 16.3. The Balaban J connectivity index is 1.77. The van der Waals surface area contributed by atoms with Gasteiger partial charge in [0.15, 0.2) is 0 Å². The summed E-state index contributed by atoms with van der Waals surface area (Å²) in [6.07, 6.45) is 2.11. The number of hydrogen-bond acceptors (Lipinski definition) is 4. The number of carbonyl (C=O) groups excluding carboxylic acids is 1. The Morgan fingerprint density at radius 1 is 1.33 bits per heavy atom. The Bertz CT molecular complexity index is 453. The van der Waals surface area contributed by atoms with Gasteiger partial charge in [-0.1, -0.05) is 12.1 Å². The number of nitrogens with one attached hydrogen (secondary N) is 2. The molecule has 1 aromatic rings. The van der Waals surface area contributed by atoms with Gasteiger partial charge >= 0.3 is 0 Å². The molecule has 5 heteroatoms. The number of likely N-dealkylation sites (N-methyl/N-ethyl adjacent to an activating group) is 1. The van der Waals surface area contributed by atoms with E-state index in [9.17, 15) is 9.90 Å². The average molecular weight is 291 g/mol. The fraction of sp³-hybridized carbons (Fsp3) is 0.562. The van der Waals surface area contributed by atoms with Gasteiger partial charge in [0.1, 0.15) is 5.75 Å².